The highest BCUT2D eigenvalue weighted by Crippen LogP contribution is 2.29. The fraction of sp³-hybridized carbons (Fsp3) is 1.00. The van der Waals surface area contributed by atoms with Crippen molar-refractivity contribution in [1.29, 1.82) is 0 Å². The summed E-state index contributed by atoms with van der Waals surface area (Å²) in [4.78, 5) is 0. The van der Waals surface area contributed by atoms with Gasteiger partial charge in [-0.25, -0.2) is 0 Å². The van der Waals surface area contributed by atoms with Gasteiger partial charge in [0.15, 0.2) is 0 Å². The lowest BCUT2D eigenvalue weighted by Crippen LogP contribution is -2.63. The Morgan fingerprint density at radius 2 is 1.67 bits per heavy atom. The summed E-state index contributed by atoms with van der Waals surface area (Å²) in [6, 6.07) is 1.02. The highest BCUT2D eigenvalue weighted by atomic mass is 16.5. The van der Waals surface area contributed by atoms with E-state index < -0.39 is 0 Å². The normalized spacial score (nSPS) is 35.8. The Morgan fingerprint density at radius 1 is 1.06 bits per heavy atom. The summed E-state index contributed by atoms with van der Waals surface area (Å²) < 4.78 is 5.53. The SMILES string of the molecule is CO[C@H]1CNC[C@@H]1NC1CC(C)(C)NC(C)(C)C1. The molecule has 0 aromatic rings. The molecule has 2 atom stereocenters. The van der Waals surface area contributed by atoms with Crippen molar-refractivity contribution in [2.75, 3.05) is 20.2 Å². The molecule has 3 N–H and O–H groups in total. The van der Waals surface area contributed by atoms with Crippen LogP contribution in [0.5, 0.6) is 0 Å². The summed E-state index contributed by atoms with van der Waals surface area (Å²) in [6.45, 7) is 11.2. The number of nitrogens with one attached hydrogen (secondary N) is 3. The monoisotopic (exact) mass is 255 g/mol. The van der Waals surface area contributed by atoms with Crippen LogP contribution in [0, 0.1) is 0 Å². The zero-order valence-corrected chi connectivity index (χ0v) is 12.5. The third kappa shape index (κ3) is 3.44. The van der Waals surface area contributed by atoms with Crippen LogP contribution in [0.1, 0.15) is 40.5 Å². The van der Waals surface area contributed by atoms with E-state index in [0.29, 0.717) is 18.2 Å². The average molecular weight is 255 g/mol. The maximum Gasteiger partial charge on any atom is 0.0860 e. The first-order valence-electron chi connectivity index (χ1n) is 7.10. The van der Waals surface area contributed by atoms with Crippen LogP contribution in [0.2, 0.25) is 0 Å². The number of hydrogen-bond donors (Lipinski definition) is 3. The van der Waals surface area contributed by atoms with Gasteiger partial charge in [0.25, 0.3) is 0 Å². The Morgan fingerprint density at radius 3 is 2.22 bits per heavy atom. The second-order valence-corrected chi connectivity index (χ2v) is 7.20. The van der Waals surface area contributed by atoms with Gasteiger partial charge in [0.1, 0.15) is 0 Å². The molecule has 0 aromatic carbocycles. The fourth-order valence-corrected chi connectivity index (χ4v) is 3.81. The van der Waals surface area contributed by atoms with E-state index in [1.165, 1.54) is 12.8 Å². The van der Waals surface area contributed by atoms with Gasteiger partial charge in [0, 0.05) is 43.4 Å². The molecule has 0 aromatic heterocycles. The quantitative estimate of drug-likeness (QED) is 0.700. The molecule has 2 aliphatic rings. The predicted molar refractivity (Wildman–Crippen MR) is 74.9 cm³/mol. The lowest BCUT2D eigenvalue weighted by molar-refractivity contribution is 0.0774. The second kappa shape index (κ2) is 5.08. The van der Waals surface area contributed by atoms with Gasteiger partial charge >= 0.3 is 0 Å². The van der Waals surface area contributed by atoms with Gasteiger partial charge in [-0.05, 0) is 40.5 Å². The molecular formula is C14H29N3O. The molecular weight excluding hydrogens is 226 g/mol. The number of ether oxygens (including phenoxy) is 1. The van der Waals surface area contributed by atoms with Crippen LogP contribution in [0.15, 0.2) is 0 Å². The maximum absolute atomic E-state index is 5.53. The van der Waals surface area contributed by atoms with Gasteiger partial charge in [0.05, 0.1) is 6.10 Å². The van der Waals surface area contributed by atoms with Crippen molar-refractivity contribution in [3.05, 3.63) is 0 Å². The molecule has 2 heterocycles. The van der Waals surface area contributed by atoms with Crippen molar-refractivity contribution in [3.63, 3.8) is 0 Å². The van der Waals surface area contributed by atoms with E-state index >= 15 is 0 Å². The molecule has 2 saturated heterocycles. The standard InChI is InChI=1S/C14H29N3O/c1-13(2)6-10(7-14(3,4)17-13)16-11-8-15-9-12(11)18-5/h10-12,15-17H,6-9H2,1-5H3/t11-,12-/m0/s1. The number of methoxy groups -OCH3 is 1. The lowest BCUT2D eigenvalue weighted by atomic mass is 9.79. The molecule has 2 rings (SSSR count). The zero-order chi connectivity index (χ0) is 13.4. The van der Waals surface area contributed by atoms with Crippen molar-refractivity contribution < 1.29 is 4.74 Å². The van der Waals surface area contributed by atoms with Gasteiger partial charge in [-0.15, -0.1) is 0 Å². The molecule has 0 amide bonds. The van der Waals surface area contributed by atoms with Crippen LogP contribution in [0.25, 0.3) is 0 Å². The second-order valence-electron chi connectivity index (χ2n) is 7.20. The van der Waals surface area contributed by atoms with Crippen molar-refractivity contribution in [1.82, 2.24) is 16.0 Å². The van der Waals surface area contributed by atoms with Gasteiger partial charge in [0.2, 0.25) is 0 Å². The first-order chi connectivity index (χ1) is 8.31. The summed E-state index contributed by atoms with van der Waals surface area (Å²) in [7, 11) is 1.81. The molecule has 4 nitrogen and oxygen atoms in total. The van der Waals surface area contributed by atoms with E-state index in [0.717, 1.165) is 13.1 Å². The minimum absolute atomic E-state index is 0.202. The molecule has 4 heteroatoms. The molecule has 2 fully saturated rings. The fourth-order valence-electron chi connectivity index (χ4n) is 3.81. The summed E-state index contributed by atoms with van der Waals surface area (Å²) in [5, 5.41) is 10.9. The van der Waals surface area contributed by atoms with E-state index in [4.69, 9.17) is 4.74 Å². The highest BCUT2D eigenvalue weighted by molar-refractivity contribution is 5.01. The third-order valence-electron chi connectivity index (χ3n) is 4.10. The number of piperidine rings is 1. The molecule has 18 heavy (non-hydrogen) atoms. The average Bonchev–Trinajstić information content (AvgIpc) is 2.59. The number of rotatable bonds is 3. The van der Waals surface area contributed by atoms with E-state index in [-0.39, 0.29) is 11.1 Å². The molecule has 106 valence electrons. The summed E-state index contributed by atoms with van der Waals surface area (Å²) >= 11 is 0. The molecule has 2 aliphatic heterocycles. The Hall–Kier alpha value is -0.160. The molecule has 0 radical (unpaired) electrons. The molecule has 0 spiro atoms. The third-order valence-corrected chi connectivity index (χ3v) is 4.10. The molecule has 0 saturated carbocycles. The Bertz CT molecular complexity index is 275. The van der Waals surface area contributed by atoms with Crippen molar-refractivity contribution in [2.24, 2.45) is 0 Å². The van der Waals surface area contributed by atoms with Crippen LogP contribution >= 0.6 is 0 Å². The molecule has 0 unspecified atom stereocenters. The van der Waals surface area contributed by atoms with Crippen LogP contribution in [0.3, 0.4) is 0 Å². The first-order valence-corrected chi connectivity index (χ1v) is 7.10. The summed E-state index contributed by atoms with van der Waals surface area (Å²) in [5.74, 6) is 0. The van der Waals surface area contributed by atoms with E-state index in [1.807, 2.05) is 7.11 Å². The van der Waals surface area contributed by atoms with Crippen molar-refractivity contribution in [3.8, 4) is 0 Å². The Balaban J connectivity index is 1.96. The summed E-state index contributed by atoms with van der Waals surface area (Å²) in [5.41, 5.74) is 0.405. The molecule has 0 aliphatic carbocycles. The minimum atomic E-state index is 0.202. The Kier molecular flexibility index (Phi) is 4.02. The topological polar surface area (TPSA) is 45.3 Å². The lowest BCUT2D eigenvalue weighted by Gasteiger charge is -2.47. The van der Waals surface area contributed by atoms with Crippen LogP contribution < -0.4 is 16.0 Å². The largest absolute Gasteiger partial charge is 0.378 e. The van der Waals surface area contributed by atoms with E-state index in [1.54, 1.807) is 0 Å². The number of hydrogen-bond acceptors (Lipinski definition) is 4. The minimum Gasteiger partial charge on any atom is -0.378 e. The Labute approximate surface area is 111 Å². The highest BCUT2D eigenvalue weighted by Gasteiger charge is 2.39. The first kappa shape index (κ1) is 14.3. The van der Waals surface area contributed by atoms with Gasteiger partial charge in [-0.3, -0.25) is 0 Å². The van der Waals surface area contributed by atoms with Gasteiger partial charge in [-0.2, -0.15) is 0 Å². The van der Waals surface area contributed by atoms with Crippen LogP contribution in [-0.2, 0) is 4.74 Å². The van der Waals surface area contributed by atoms with Gasteiger partial charge < -0.3 is 20.7 Å². The van der Waals surface area contributed by atoms with Crippen LogP contribution in [-0.4, -0.2) is 49.5 Å². The van der Waals surface area contributed by atoms with Crippen molar-refractivity contribution >= 4 is 0 Å². The van der Waals surface area contributed by atoms with E-state index in [2.05, 4.69) is 43.6 Å². The predicted octanol–water partition coefficient (Wildman–Crippen LogP) is 0.872. The molecule has 0 bridgehead atoms. The maximum atomic E-state index is 5.53. The summed E-state index contributed by atoms with van der Waals surface area (Å²) in [6.07, 6.45) is 2.65. The van der Waals surface area contributed by atoms with Gasteiger partial charge in [-0.1, -0.05) is 0 Å². The smallest absolute Gasteiger partial charge is 0.0860 e. The van der Waals surface area contributed by atoms with Crippen molar-refractivity contribution in [2.45, 2.75) is 69.8 Å². The zero-order valence-electron chi connectivity index (χ0n) is 12.5. The van der Waals surface area contributed by atoms with E-state index in [9.17, 15) is 0 Å². The van der Waals surface area contributed by atoms with Crippen LogP contribution in [0.4, 0.5) is 0 Å².